The van der Waals surface area contributed by atoms with E-state index in [4.69, 9.17) is 30.2 Å². The molecule has 2 heterocycles. The maximum Gasteiger partial charge on any atom is 0.410 e. The van der Waals surface area contributed by atoms with E-state index in [9.17, 15) is 4.79 Å². The minimum atomic E-state index is -0.526. The zero-order valence-corrected chi connectivity index (χ0v) is 21.3. The topological polar surface area (TPSA) is 74.0 Å². The Hall–Kier alpha value is -3.03. The lowest BCUT2D eigenvalue weighted by Gasteiger charge is -2.34. The number of ether oxygens (including phenoxy) is 3. The molecule has 186 valence electrons. The van der Waals surface area contributed by atoms with Crippen molar-refractivity contribution in [2.24, 2.45) is 0 Å². The highest BCUT2D eigenvalue weighted by atomic mass is 35.5. The third kappa shape index (κ3) is 6.77. The van der Waals surface area contributed by atoms with Crippen molar-refractivity contribution in [3.05, 3.63) is 70.6 Å². The summed E-state index contributed by atoms with van der Waals surface area (Å²) in [5, 5.41) is 0.506. The quantitative estimate of drug-likeness (QED) is 0.411. The number of halogens is 1. The number of aryl methyl sites for hydroxylation is 1. The first-order chi connectivity index (χ1) is 16.7. The number of morpholine rings is 1. The molecule has 0 N–H and O–H groups in total. The van der Waals surface area contributed by atoms with Crippen LogP contribution in [0.25, 0.3) is 11.5 Å². The largest absolute Gasteiger partial charge is 0.486 e. The number of rotatable bonds is 6. The molecule has 1 unspecified atom stereocenters. The zero-order valence-electron chi connectivity index (χ0n) is 20.5. The molecule has 35 heavy (non-hydrogen) atoms. The van der Waals surface area contributed by atoms with Crippen LogP contribution in [-0.4, -0.2) is 47.4 Å². The van der Waals surface area contributed by atoms with E-state index < -0.39 is 5.60 Å². The molecule has 0 radical (unpaired) electrons. The van der Waals surface area contributed by atoms with Gasteiger partial charge >= 0.3 is 6.09 Å². The van der Waals surface area contributed by atoms with Crippen LogP contribution in [0.3, 0.4) is 0 Å². The summed E-state index contributed by atoms with van der Waals surface area (Å²) in [6.45, 7) is 9.17. The predicted octanol–water partition coefficient (Wildman–Crippen LogP) is 6.06. The first kappa shape index (κ1) is 25.1. The number of amides is 1. The molecule has 1 aromatic heterocycles. The van der Waals surface area contributed by atoms with E-state index in [0.29, 0.717) is 48.5 Å². The average Bonchev–Trinajstić information content (AvgIpc) is 3.19. The Labute approximate surface area is 210 Å². The summed E-state index contributed by atoms with van der Waals surface area (Å²) in [4.78, 5) is 18.7. The number of carbonyl (C=O) groups is 1. The van der Waals surface area contributed by atoms with Crippen molar-refractivity contribution in [1.82, 2.24) is 9.88 Å². The summed E-state index contributed by atoms with van der Waals surface area (Å²) in [6, 6.07) is 15.4. The molecule has 7 nitrogen and oxygen atoms in total. The van der Waals surface area contributed by atoms with Crippen LogP contribution in [0.5, 0.6) is 5.75 Å². The van der Waals surface area contributed by atoms with Gasteiger partial charge in [-0.15, -0.1) is 0 Å². The number of hydrogen-bond donors (Lipinski definition) is 0. The number of carbonyl (C=O) groups excluding carboxylic acids is 1. The Balaban J connectivity index is 1.34. The second-order valence-electron chi connectivity index (χ2n) is 9.56. The second-order valence-corrected chi connectivity index (χ2v) is 9.97. The standard InChI is InChI=1S/C27H31ClN2O5/c1-18-23(29-25(34-18)20-8-6-5-7-9-20)17-33-24-11-10-19(15-22(24)28)14-21-16-30(12-13-32-21)26(31)35-27(2,3)4/h5-11,15,21H,12-14,16-17H2,1-4H3. The van der Waals surface area contributed by atoms with Crippen LogP contribution in [0.4, 0.5) is 4.79 Å². The van der Waals surface area contributed by atoms with Gasteiger partial charge in [0.25, 0.3) is 0 Å². The minimum absolute atomic E-state index is 0.131. The van der Waals surface area contributed by atoms with Crippen molar-refractivity contribution in [2.75, 3.05) is 19.7 Å². The maximum atomic E-state index is 12.4. The summed E-state index contributed by atoms with van der Waals surface area (Å²) in [5.74, 6) is 1.84. The molecular weight excluding hydrogens is 468 g/mol. The molecule has 2 aromatic carbocycles. The van der Waals surface area contributed by atoms with Gasteiger partial charge in [0.15, 0.2) is 0 Å². The molecule has 4 rings (SSSR count). The number of benzene rings is 2. The van der Waals surface area contributed by atoms with Gasteiger partial charge in [0.05, 0.1) is 24.3 Å². The Kier molecular flexibility index (Phi) is 7.67. The fourth-order valence-electron chi connectivity index (χ4n) is 3.80. The van der Waals surface area contributed by atoms with Crippen LogP contribution >= 0.6 is 11.6 Å². The molecule has 0 saturated carbocycles. The molecule has 1 amide bonds. The maximum absolute atomic E-state index is 12.4. The van der Waals surface area contributed by atoms with Crippen LogP contribution < -0.4 is 4.74 Å². The number of oxazole rings is 1. The second kappa shape index (κ2) is 10.7. The fraction of sp³-hybridized carbons (Fsp3) is 0.407. The van der Waals surface area contributed by atoms with Gasteiger partial charge in [0, 0.05) is 18.5 Å². The SMILES string of the molecule is Cc1oc(-c2ccccc2)nc1COc1ccc(CC2CN(C(=O)OC(C)(C)C)CCO2)cc1Cl. The third-order valence-corrected chi connectivity index (χ3v) is 5.82. The smallest absolute Gasteiger partial charge is 0.410 e. The van der Waals surface area contributed by atoms with Crippen molar-refractivity contribution in [3.8, 4) is 17.2 Å². The van der Waals surface area contributed by atoms with Crippen LogP contribution in [0.1, 0.15) is 37.8 Å². The molecule has 0 bridgehead atoms. The van der Waals surface area contributed by atoms with Gasteiger partial charge in [-0.1, -0.05) is 35.9 Å². The number of nitrogens with zero attached hydrogens (tertiary/aromatic N) is 2. The van der Waals surface area contributed by atoms with Crippen LogP contribution in [0, 0.1) is 6.92 Å². The number of aromatic nitrogens is 1. The van der Waals surface area contributed by atoms with E-state index in [1.165, 1.54) is 0 Å². The predicted molar refractivity (Wildman–Crippen MR) is 134 cm³/mol. The highest BCUT2D eigenvalue weighted by Gasteiger charge is 2.28. The molecular formula is C27H31ClN2O5. The van der Waals surface area contributed by atoms with Crippen molar-refractivity contribution in [1.29, 1.82) is 0 Å². The summed E-state index contributed by atoms with van der Waals surface area (Å²) >= 11 is 6.51. The Bertz CT molecular complexity index is 1160. The summed E-state index contributed by atoms with van der Waals surface area (Å²) in [6.07, 6.45) is 0.182. The normalized spacial score (nSPS) is 16.3. The Morgan fingerprint density at radius 3 is 2.69 bits per heavy atom. The summed E-state index contributed by atoms with van der Waals surface area (Å²) in [5.41, 5.74) is 2.12. The van der Waals surface area contributed by atoms with Gasteiger partial charge in [-0.05, 0) is 57.5 Å². The molecule has 1 aliphatic rings. The van der Waals surface area contributed by atoms with Crippen LogP contribution in [-0.2, 0) is 22.5 Å². The first-order valence-corrected chi connectivity index (χ1v) is 12.1. The van der Waals surface area contributed by atoms with Crippen molar-refractivity contribution in [3.63, 3.8) is 0 Å². The van der Waals surface area contributed by atoms with E-state index >= 15 is 0 Å². The first-order valence-electron chi connectivity index (χ1n) is 11.7. The highest BCUT2D eigenvalue weighted by Crippen LogP contribution is 2.29. The molecule has 1 saturated heterocycles. The van der Waals surface area contributed by atoms with Gasteiger partial charge in [-0.2, -0.15) is 0 Å². The molecule has 3 aromatic rings. The van der Waals surface area contributed by atoms with E-state index in [-0.39, 0.29) is 18.8 Å². The molecule has 0 aliphatic carbocycles. The summed E-state index contributed by atoms with van der Waals surface area (Å²) in [7, 11) is 0. The van der Waals surface area contributed by atoms with Gasteiger partial charge in [0.1, 0.15) is 29.4 Å². The van der Waals surface area contributed by atoms with Crippen molar-refractivity contribution < 1.29 is 23.4 Å². The van der Waals surface area contributed by atoms with Gasteiger partial charge in [-0.25, -0.2) is 9.78 Å². The highest BCUT2D eigenvalue weighted by molar-refractivity contribution is 6.32. The zero-order chi connectivity index (χ0) is 25.0. The monoisotopic (exact) mass is 498 g/mol. The molecule has 8 heteroatoms. The fourth-order valence-corrected chi connectivity index (χ4v) is 4.06. The van der Waals surface area contributed by atoms with E-state index in [1.54, 1.807) is 4.90 Å². The van der Waals surface area contributed by atoms with Crippen LogP contribution in [0.15, 0.2) is 52.9 Å². The summed E-state index contributed by atoms with van der Waals surface area (Å²) < 4.78 is 23.1. The minimum Gasteiger partial charge on any atom is -0.486 e. The lowest BCUT2D eigenvalue weighted by atomic mass is 10.1. The van der Waals surface area contributed by atoms with Gasteiger partial charge in [-0.3, -0.25) is 0 Å². The number of hydrogen-bond acceptors (Lipinski definition) is 6. The Morgan fingerprint density at radius 1 is 1.20 bits per heavy atom. The third-order valence-electron chi connectivity index (χ3n) is 5.53. The van der Waals surface area contributed by atoms with E-state index in [0.717, 1.165) is 16.8 Å². The molecule has 1 aliphatic heterocycles. The molecule has 1 fully saturated rings. The average molecular weight is 499 g/mol. The van der Waals surface area contributed by atoms with Gasteiger partial charge < -0.3 is 23.5 Å². The van der Waals surface area contributed by atoms with Crippen LogP contribution in [0.2, 0.25) is 5.02 Å². The lowest BCUT2D eigenvalue weighted by Crippen LogP contribution is -2.48. The van der Waals surface area contributed by atoms with Gasteiger partial charge in [0.2, 0.25) is 5.89 Å². The van der Waals surface area contributed by atoms with Crippen molar-refractivity contribution in [2.45, 2.75) is 52.4 Å². The molecule has 1 atom stereocenters. The van der Waals surface area contributed by atoms with E-state index in [1.807, 2.05) is 76.2 Å². The molecule has 0 spiro atoms. The lowest BCUT2D eigenvalue weighted by molar-refractivity contribution is -0.0415. The van der Waals surface area contributed by atoms with E-state index in [2.05, 4.69) is 4.98 Å². The van der Waals surface area contributed by atoms with Crippen molar-refractivity contribution >= 4 is 17.7 Å². The Morgan fingerprint density at radius 2 is 1.97 bits per heavy atom.